The topological polar surface area (TPSA) is 117 Å². The molecule has 0 saturated heterocycles. The predicted octanol–water partition coefficient (Wildman–Crippen LogP) is 3.44. The fraction of sp³-hybridized carbons (Fsp3) is 0.167. The second-order valence-electron chi connectivity index (χ2n) is 7.14. The summed E-state index contributed by atoms with van der Waals surface area (Å²) in [6.07, 6.45) is 2.50. The number of hydrogen-bond acceptors (Lipinski definition) is 6. The Morgan fingerprint density at radius 1 is 1.03 bits per heavy atom. The lowest BCUT2D eigenvalue weighted by Gasteiger charge is -2.19. The van der Waals surface area contributed by atoms with Crippen LogP contribution in [0, 0.1) is 22.7 Å². The van der Waals surface area contributed by atoms with Crippen LogP contribution < -0.4 is 16.0 Å². The van der Waals surface area contributed by atoms with E-state index in [-0.39, 0.29) is 22.5 Å². The van der Waals surface area contributed by atoms with Crippen molar-refractivity contribution in [3.05, 3.63) is 81.1 Å². The first-order valence-corrected chi connectivity index (χ1v) is 9.78. The van der Waals surface area contributed by atoms with Crippen LogP contribution in [-0.4, -0.2) is 17.5 Å². The monoisotopic (exact) mass is 409 g/mol. The zero-order valence-electron chi connectivity index (χ0n) is 16.9. The van der Waals surface area contributed by atoms with Crippen LogP contribution in [0.2, 0.25) is 0 Å². The third-order valence-corrected chi connectivity index (χ3v) is 5.40. The molecule has 152 valence electrons. The number of aromatic nitrogens is 1. The number of methoxy groups -OCH3 is 1. The standard InChI is InChI=1S/C24H19N5O2/c1-31-17-11-9-16(10-12-17)22-19(13-25)23(27)29(24(30)20(22)14-26)28-21-8-4-6-15-5-2-3-7-18(15)21/h2-3,5,7,9-12H,4,6,8,27H2,1H3/b28-21+. The van der Waals surface area contributed by atoms with Gasteiger partial charge in [0.2, 0.25) is 0 Å². The van der Waals surface area contributed by atoms with Crippen LogP contribution in [0.1, 0.15) is 35.1 Å². The molecule has 0 bridgehead atoms. The number of rotatable bonds is 3. The number of hydrogen-bond donors (Lipinski definition) is 1. The van der Waals surface area contributed by atoms with E-state index in [4.69, 9.17) is 10.5 Å². The van der Waals surface area contributed by atoms with Gasteiger partial charge in [-0.2, -0.15) is 20.3 Å². The zero-order valence-corrected chi connectivity index (χ0v) is 16.9. The van der Waals surface area contributed by atoms with Crippen LogP contribution in [-0.2, 0) is 6.42 Å². The van der Waals surface area contributed by atoms with Crippen LogP contribution in [0.25, 0.3) is 11.1 Å². The van der Waals surface area contributed by atoms with Crippen molar-refractivity contribution < 1.29 is 4.74 Å². The molecule has 0 spiro atoms. The second-order valence-corrected chi connectivity index (χ2v) is 7.14. The van der Waals surface area contributed by atoms with E-state index in [0.29, 0.717) is 23.4 Å². The highest BCUT2D eigenvalue weighted by molar-refractivity contribution is 6.02. The Bertz CT molecular complexity index is 1340. The third kappa shape index (κ3) is 3.43. The van der Waals surface area contributed by atoms with Gasteiger partial charge in [0, 0.05) is 11.1 Å². The lowest BCUT2D eigenvalue weighted by atomic mass is 9.90. The highest BCUT2D eigenvalue weighted by Gasteiger charge is 2.23. The van der Waals surface area contributed by atoms with Crippen molar-refractivity contribution in [2.75, 3.05) is 12.8 Å². The van der Waals surface area contributed by atoms with E-state index in [0.717, 1.165) is 28.6 Å². The lowest BCUT2D eigenvalue weighted by Crippen LogP contribution is -2.27. The minimum atomic E-state index is -0.652. The van der Waals surface area contributed by atoms with Crippen LogP contribution in [0.4, 0.5) is 5.82 Å². The molecule has 3 aromatic rings. The van der Waals surface area contributed by atoms with Crippen LogP contribution in [0.5, 0.6) is 5.75 Å². The summed E-state index contributed by atoms with van der Waals surface area (Å²) in [7, 11) is 1.54. The molecule has 0 saturated carbocycles. The van der Waals surface area contributed by atoms with E-state index in [1.165, 1.54) is 7.11 Å². The molecule has 0 aliphatic heterocycles. The predicted molar refractivity (Wildman–Crippen MR) is 118 cm³/mol. The number of benzene rings is 2. The van der Waals surface area contributed by atoms with E-state index in [2.05, 4.69) is 11.2 Å². The molecular formula is C24H19N5O2. The summed E-state index contributed by atoms with van der Waals surface area (Å²) in [5.41, 5.74) is 9.00. The first-order valence-electron chi connectivity index (χ1n) is 9.78. The first-order chi connectivity index (χ1) is 15.1. The van der Waals surface area contributed by atoms with Crippen LogP contribution in [0.15, 0.2) is 58.4 Å². The number of anilines is 1. The average Bonchev–Trinajstić information content (AvgIpc) is 2.81. The van der Waals surface area contributed by atoms with Crippen molar-refractivity contribution in [1.82, 2.24) is 4.68 Å². The molecule has 1 aliphatic carbocycles. The molecular weight excluding hydrogens is 390 g/mol. The number of aryl methyl sites for hydroxylation is 1. The number of nitrogens with zero attached hydrogens (tertiary/aromatic N) is 4. The van der Waals surface area contributed by atoms with Crippen molar-refractivity contribution in [3.8, 4) is 29.0 Å². The molecule has 0 amide bonds. The summed E-state index contributed by atoms with van der Waals surface area (Å²) in [4.78, 5) is 13.2. The summed E-state index contributed by atoms with van der Waals surface area (Å²) < 4.78 is 6.15. The van der Waals surface area contributed by atoms with E-state index in [9.17, 15) is 15.3 Å². The maximum absolute atomic E-state index is 13.2. The Balaban J connectivity index is 1.96. The van der Waals surface area contributed by atoms with Crippen molar-refractivity contribution in [2.45, 2.75) is 19.3 Å². The number of nitrogen functional groups attached to an aromatic ring is 1. The highest BCUT2D eigenvalue weighted by Crippen LogP contribution is 2.31. The van der Waals surface area contributed by atoms with Crippen molar-refractivity contribution in [2.24, 2.45) is 5.10 Å². The third-order valence-electron chi connectivity index (χ3n) is 5.40. The van der Waals surface area contributed by atoms with Gasteiger partial charge >= 0.3 is 0 Å². The van der Waals surface area contributed by atoms with Gasteiger partial charge in [-0.25, -0.2) is 0 Å². The Hall–Kier alpha value is -4.36. The molecule has 1 aromatic heterocycles. The number of fused-ring (bicyclic) bond motifs is 1. The van der Waals surface area contributed by atoms with Crippen LogP contribution >= 0.6 is 0 Å². The maximum atomic E-state index is 13.2. The maximum Gasteiger partial charge on any atom is 0.291 e. The number of nitriles is 2. The molecule has 0 fully saturated rings. The molecule has 2 N–H and O–H groups in total. The number of nitrogens with two attached hydrogens (primary N) is 1. The highest BCUT2D eigenvalue weighted by atomic mass is 16.5. The summed E-state index contributed by atoms with van der Waals surface area (Å²) >= 11 is 0. The molecule has 7 nitrogen and oxygen atoms in total. The molecule has 0 atom stereocenters. The molecule has 0 radical (unpaired) electrons. The fourth-order valence-electron chi connectivity index (χ4n) is 3.87. The zero-order chi connectivity index (χ0) is 22.0. The van der Waals surface area contributed by atoms with Gasteiger partial charge in [-0.1, -0.05) is 36.4 Å². The van der Waals surface area contributed by atoms with Crippen LogP contribution in [0.3, 0.4) is 0 Å². The SMILES string of the molecule is COc1ccc(-c2c(C#N)c(N)n(/N=C3\CCCc4ccccc43)c(=O)c2C#N)cc1. The smallest absolute Gasteiger partial charge is 0.291 e. The molecule has 4 rings (SSSR count). The summed E-state index contributed by atoms with van der Waals surface area (Å²) in [6.45, 7) is 0. The van der Waals surface area contributed by atoms with Gasteiger partial charge in [-0.05, 0) is 42.5 Å². The minimum Gasteiger partial charge on any atom is -0.497 e. The lowest BCUT2D eigenvalue weighted by molar-refractivity contribution is 0.415. The van der Waals surface area contributed by atoms with Gasteiger partial charge in [0.15, 0.2) is 0 Å². The van der Waals surface area contributed by atoms with Crippen molar-refractivity contribution in [3.63, 3.8) is 0 Å². The summed E-state index contributed by atoms with van der Waals surface area (Å²) in [6, 6.07) is 18.6. The second kappa shape index (κ2) is 8.17. The normalized spacial score (nSPS) is 13.8. The van der Waals surface area contributed by atoms with Gasteiger partial charge in [0.05, 0.1) is 12.8 Å². The Kier molecular flexibility index (Phi) is 5.26. The fourth-order valence-corrected chi connectivity index (χ4v) is 3.87. The van der Waals surface area contributed by atoms with E-state index in [1.807, 2.05) is 30.3 Å². The Labute approximate surface area is 179 Å². The van der Waals surface area contributed by atoms with Gasteiger partial charge in [-0.15, -0.1) is 0 Å². The summed E-state index contributed by atoms with van der Waals surface area (Å²) in [5, 5.41) is 24.1. The van der Waals surface area contributed by atoms with Gasteiger partial charge in [0.25, 0.3) is 5.56 Å². The summed E-state index contributed by atoms with van der Waals surface area (Å²) in [5.74, 6) is 0.525. The van der Waals surface area contributed by atoms with Crippen molar-refractivity contribution >= 4 is 11.5 Å². The molecule has 1 heterocycles. The van der Waals surface area contributed by atoms with Gasteiger partial charge in [-0.3, -0.25) is 4.79 Å². The number of ether oxygens (including phenoxy) is 1. The van der Waals surface area contributed by atoms with Crippen molar-refractivity contribution in [1.29, 1.82) is 10.5 Å². The molecule has 0 unspecified atom stereocenters. The largest absolute Gasteiger partial charge is 0.497 e. The molecule has 2 aromatic carbocycles. The van der Waals surface area contributed by atoms with Gasteiger partial charge < -0.3 is 10.5 Å². The molecule has 1 aliphatic rings. The Morgan fingerprint density at radius 3 is 2.42 bits per heavy atom. The average molecular weight is 409 g/mol. The van der Waals surface area contributed by atoms with E-state index >= 15 is 0 Å². The quantitative estimate of drug-likeness (QED) is 0.711. The van der Waals surface area contributed by atoms with E-state index in [1.54, 1.807) is 24.3 Å². The first kappa shape index (κ1) is 19.9. The Morgan fingerprint density at radius 2 is 1.74 bits per heavy atom. The van der Waals surface area contributed by atoms with Gasteiger partial charge in [0.1, 0.15) is 34.8 Å². The number of pyridine rings is 1. The molecule has 7 heteroatoms. The molecule has 31 heavy (non-hydrogen) atoms. The van der Waals surface area contributed by atoms with E-state index < -0.39 is 5.56 Å². The minimum absolute atomic E-state index is 0.0368.